The van der Waals surface area contributed by atoms with Gasteiger partial charge in [0, 0.05) is 17.5 Å². The van der Waals surface area contributed by atoms with Gasteiger partial charge in [-0.05, 0) is 19.1 Å². The minimum Gasteiger partial charge on any atom is -0.465 e. The van der Waals surface area contributed by atoms with E-state index in [-0.39, 0.29) is 11.3 Å². The number of esters is 1. The third kappa shape index (κ3) is 2.26. The molecule has 1 aromatic carbocycles. The van der Waals surface area contributed by atoms with Gasteiger partial charge in [-0.1, -0.05) is 30.3 Å². The van der Waals surface area contributed by atoms with Crippen LogP contribution in [0.25, 0.3) is 5.65 Å². The van der Waals surface area contributed by atoms with Crippen LogP contribution in [0.1, 0.15) is 32.1 Å². The zero-order valence-corrected chi connectivity index (χ0v) is 12.2. The molecule has 0 N–H and O–H groups in total. The molecule has 0 aliphatic heterocycles. The number of fused-ring (bicyclic) bond motifs is 1. The quantitative estimate of drug-likeness (QED) is 0.550. The van der Waals surface area contributed by atoms with Gasteiger partial charge in [0.05, 0.1) is 12.8 Å². The van der Waals surface area contributed by atoms with Crippen LogP contribution in [0.5, 0.6) is 0 Å². The summed E-state index contributed by atoms with van der Waals surface area (Å²) in [5.41, 5.74) is 2.40. The van der Waals surface area contributed by atoms with E-state index >= 15 is 0 Å². The maximum atomic E-state index is 12.7. The summed E-state index contributed by atoms with van der Waals surface area (Å²) in [5, 5.41) is 0. The molecule has 5 nitrogen and oxygen atoms in total. The first-order chi connectivity index (χ1) is 10.6. The van der Waals surface area contributed by atoms with Crippen LogP contribution >= 0.6 is 0 Å². The third-order valence-corrected chi connectivity index (χ3v) is 3.43. The monoisotopic (exact) mass is 294 g/mol. The molecule has 5 heteroatoms. The van der Waals surface area contributed by atoms with Crippen molar-refractivity contribution in [3.8, 4) is 0 Å². The van der Waals surface area contributed by atoms with Gasteiger partial charge < -0.3 is 4.74 Å². The topological polar surface area (TPSA) is 60.7 Å². The summed E-state index contributed by atoms with van der Waals surface area (Å²) in [5.74, 6) is -0.681. The Kier molecular flexibility index (Phi) is 3.47. The SMILES string of the molecule is COC(=O)c1cc(C(=O)c2ccccc2)n2ccc(C)nc12. The van der Waals surface area contributed by atoms with Gasteiger partial charge in [-0.2, -0.15) is 0 Å². The van der Waals surface area contributed by atoms with Crippen molar-refractivity contribution in [2.75, 3.05) is 7.11 Å². The lowest BCUT2D eigenvalue weighted by Crippen LogP contribution is -2.05. The van der Waals surface area contributed by atoms with Gasteiger partial charge in [-0.25, -0.2) is 9.78 Å². The van der Waals surface area contributed by atoms with E-state index < -0.39 is 5.97 Å². The smallest absolute Gasteiger partial charge is 0.341 e. The molecule has 0 aliphatic carbocycles. The van der Waals surface area contributed by atoms with Crippen LogP contribution in [-0.2, 0) is 4.74 Å². The maximum absolute atomic E-state index is 12.7. The summed E-state index contributed by atoms with van der Waals surface area (Å²) >= 11 is 0. The number of aromatic nitrogens is 2. The number of benzene rings is 1. The van der Waals surface area contributed by atoms with Crippen molar-refractivity contribution in [1.29, 1.82) is 0 Å². The van der Waals surface area contributed by atoms with Gasteiger partial charge in [0.25, 0.3) is 0 Å². The van der Waals surface area contributed by atoms with Crippen molar-refractivity contribution in [2.24, 2.45) is 0 Å². The van der Waals surface area contributed by atoms with Crippen LogP contribution in [0.2, 0.25) is 0 Å². The number of carbonyl (C=O) groups excluding carboxylic acids is 2. The van der Waals surface area contributed by atoms with Crippen LogP contribution in [0.15, 0.2) is 48.7 Å². The van der Waals surface area contributed by atoms with Crippen LogP contribution in [0.3, 0.4) is 0 Å². The Labute approximate surface area is 127 Å². The van der Waals surface area contributed by atoms with Crippen LogP contribution < -0.4 is 0 Å². The van der Waals surface area contributed by atoms with Crippen molar-refractivity contribution in [2.45, 2.75) is 6.92 Å². The molecule has 110 valence electrons. The van der Waals surface area contributed by atoms with E-state index in [0.29, 0.717) is 16.9 Å². The molecular formula is C17H14N2O3. The fraction of sp³-hybridized carbons (Fsp3) is 0.118. The lowest BCUT2D eigenvalue weighted by molar-refractivity contribution is 0.0603. The van der Waals surface area contributed by atoms with E-state index in [9.17, 15) is 9.59 Å². The number of aryl methyl sites for hydroxylation is 1. The fourth-order valence-corrected chi connectivity index (χ4v) is 2.34. The molecule has 2 heterocycles. The van der Waals surface area contributed by atoms with Crippen molar-refractivity contribution in [3.05, 3.63) is 71.2 Å². The normalized spacial score (nSPS) is 10.6. The Bertz CT molecular complexity index is 866. The van der Waals surface area contributed by atoms with Gasteiger partial charge >= 0.3 is 5.97 Å². The van der Waals surface area contributed by atoms with Crippen LogP contribution in [-0.4, -0.2) is 28.2 Å². The standard InChI is InChI=1S/C17H14N2O3/c1-11-8-9-19-14(15(20)12-6-4-3-5-7-12)10-13(16(19)18-11)17(21)22-2/h3-10H,1-2H3. The van der Waals surface area contributed by atoms with E-state index in [4.69, 9.17) is 4.74 Å². The highest BCUT2D eigenvalue weighted by atomic mass is 16.5. The molecule has 22 heavy (non-hydrogen) atoms. The van der Waals surface area contributed by atoms with Crippen molar-refractivity contribution in [1.82, 2.24) is 9.38 Å². The maximum Gasteiger partial charge on any atom is 0.341 e. The number of carbonyl (C=O) groups is 2. The highest BCUT2D eigenvalue weighted by Gasteiger charge is 2.21. The number of hydrogen-bond acceptors (Lipinski definition) is 4. The second kappa shape index (κ2) is 5.44. The molecule has 0 saturated carbocycles. The molecule has 0 bridgehead atoms. The molecule has 0 unspecified atom stereocenters. The predicted octanol–water partition coefficient (Wildman–Crippen LogP) is 2.66. The number of ether oxygens (including phenoxy) is 1. The molecule has 0 fully saturated rings. The predicted molar refractivity (Wildman–Crippen MR) is 81.1 cm³/mol. The number of methoxy groups -OCH3 is 1. The Morgan fingerprint density at radius 1 is 1.14 bits per heavy atom. The molecule has 2 aromatic heterocycles. The first-order valence-electron chi connectivity index (χ1n) is 6.78. The molecule has 3 rings (SSSR count). The summed E-state index contributed by atoms with van der Waals surface area (Å²) in [6, 6.07) is 12.2. The number of ketones is 1. The molecule has 0 radical (unpaired) electrons. The van der Waals surface area contributed by atoms with Gasteiger partial charge in [0.1, 0.15) is 5.56 Å². The van der Waals surface area contributed by atoms with Gasteiger partial charge in [-0.3, -0.25) is 9.20 Å². The van der Waals surface area contributed by atoms with Gasteiger partial charge in [-0.15, -0.1) is 0 Å². The lowest BCUT2D eigenvalue weighted by atomic mass is 10.1. The molecule has 0 atom stereocenters. The average Bonchev–Trinajstić information content (AvgIpc) is 2.93. The number of nitrogens with zero attached hydrogens (tertiary/aromatic N) is 2. The second-order valence-corrected chi connectivity index (χ2v) is 4.89. The first-order valence-corrected chi connectivity index (χ1v) is 6.78. The fourth-order valence-electron chi connectivity index (χ4n) is 2.34. The van der Waals surface area contributed by atoms with E-state index in [0.717, 1.165) is 5.69 Å². The molecular weight excluding hydrogens is 280 g/mol. The average molecular weight is 294 g/mol. The van der Waals surface area contributed by atoms with E-state index in [1.807, 2.05) is 13.0 Å². The largest absolute Gasteiger partial charge is 0.465 e. The summed E-state index contributed by atoms with van der Waals surface area (Å²) in [4.78, 5) is 28.9. The second-order valence-electron chi connectivity index (χ2n) is 4.89. The number of hydrogen-bond donors (Lipinski definition) is 0. The Morgan fingerprint density at radius 3 is 2.55 bits per heavy atom. The summed E-state index contributed by atoms with van der Waals surface area (Å²) in [6.45, 7) is 1.83. The molecule has 0 saturated heterocycles. The molecule has 0 spiro atoms. The highest BCUT2D eigenvalue weighted by molar-refractivity contribution is 6.10. The van der Waals surface area contributed by atoms with Crippen molar-refractivity contribution >= 4 is 17.4 Å². The summed E-state index contributed by atoms with van der Waals surface area (Å²) in [6.07, 6.45) is 1.74. The van der Waals surface area contributed by atoms with Gasteiger partial charge in [0.15, 0.2) is 5.65 Å². The Balaban J connectivity index is 2.22. The minimum absolute atomic E-state index is 0.170. The highest BCUT2D eigenvalue weighted by Crippen LogP contribution is 2.19. The van der Waals surface area contributed by atoms with E-state index in [1.165, 1.54) is 13.2 Å². The Hall–Kier alpha value is -2.95. The van der Waals surface area contributed by atoms with Gasteiger partial charge in [0.2, 0.25) is 5.78 Å². The molecule has 0 aliphatic rings. The van der Waals surface area contributed by atoms with E-state index in [2.05, 4.69) is 4.98 Å². The molecule has 3 aromatic rings. The Morgan fingerprint density at radius 2 is 1.86 bits per heavy atom. The molecule has 0 amide bonds. The zero-order valence-electron chi connectivity index (χ0n) is 12.2. The first kappa shape index (κ1) is 14.0. The number of rotatable bonds is 3. The van der Waals surface area contributed by atoms with Crippen molar-refractivity contribution in [3.63, 3.8) is 0 Å². The van der Waals surface area contributed by atoms with Crippen LogP contribution in [0, 0.1) is 6.92 Å². The zero-order chi connectivity index (χ0) is 15.7. The van der Waals surface area contributed by atoms with Crippen LogP contribution in [0.4, 0.5) is 0 Å². The summed E-state index contributed by atoms with van der Waals surface area (Å²) < 4.78 is 6.40. The van der Waals surface area contributed by atoms with E-state index in [1.54, 1.807) is 40.9 Å². The minimum atomic E-state index is -0.511. The van der Waals surface area contributed by atoms with Crippen molar-refractivity contribution < 1.29 is 14.3 Å². The lowest BCUT2D eigenvalue weighted by Gasteiger charge is -2.03. The third-order valence-electron chi connectivity index (χ3n) is 3.43. The summed E-state index contributed by atoms with van der Waals surface area (Å²) in [7, 11) is 1.31.